The molecule has 0 aliphatic rings. The van der Waals surface area contributed by atoms with Gasteiger partial charge in [-0.2, -0.15) is 0 Å². The molecule has 0 fully saturated rings. The number of benzene rings is 2. The Labute approximate surface area is 202 Å². The highest BCUT2D eigenvalue weighted by atomic mass is 16.3. The van der Waals surface area contributed by atoms with Gasteiger partial charge in [0.05, 0.1) is 25.6 Å². The van der Waals surface area contributed by atoms with Gasteiger partial charge in [-0.3, -0.25) is 19.3 Å². The van der Waals surface area contributed by atoms with E-state index in [4.69, 9.17) is 8.83 Å². The molecule has 3 amide bonds. The summed E-state index contributed by atoms with van der Waals surface area (Å²) in [6, 6.07) is 21.9. The molecule has 0 radical (unpaired) electrons. The van der Waals surface area contributed by atoms with Crippen LogP contribution in [0.4, 0.5) is 5.69 Å². The van der Waals surface area contributed by atoms with Gasteiger partial charge in [-0.15, -0.1) is 0 Å². The fourth-order valence-corrected chi connectivity index (χ4v) is 3.69. The number of carbonyl (C=O) groups excluding carboxylic acids is 3. The lowest BCUT2D eigenvalue weighted by Gasteiger charge is -2.31. The number of hydrogen-bond donors (Lipinski definition) is 2. The summed E-state index contributed by atoms with van der Waals surface area (Å²) < 4.78 is 10.4. The molecule has 8 heteroatoms. The van der Waals surface area contributed by atoms with E-state index in [-0.39, 0.29) is 24.8 Å². The van der Waals surface area contributed by atoms with E-state index in [1.165, 1.54) is 23.5 Å². The third-order valence-corrected chi connectivity index (χ3v) is 5.33. The Bertz CT molecular complexity index is 1270. The molecule has 0 saturated heterocycles. The zero-order chi connectivity index (χ0) is 24.6. The predicted molar refractivity (Wildman–Crippen MR) is 129 cm³/mol. The van der Waals surface area contributed by atoms with Gasteiger partial charge in [-0.05, 0) is 54.4 Å². The molecule has 1 unspecified atom stereocenters. The summed E-state index contributed by atoms with van der Waals surface area (Å²) in [5, 5.41) is 5.44. The average Bonchev–Trinajstić information content (AvgIpc) is 3.59. The largest absolute Gasteiger partial charge is 0.467 e. The smallest absolute Gasteiger partial charge is 0.287 e. The Morgan fingerprint density at radius 2 is 1.63 bits per heavy atom. The molecule has 0 saturated carbocycles. The highest BCUT2D eigenvalue weighted by Crippen LogP contribution is 2.29. The number of nitrogens with zero attached hydrogens (tertiary/aromatic N) is 1. The fourth-order valence-electron chi connectivity index (χ4n) is 3.69. The summed E-state index contributed by atoms with van der Waals surface area (Å²) in [4.78, 5) is 40.9. The molecule has 0 aliphatic carbocycles. The van der Waals surface area contributed by atoms with Crippen LogP contribution in [-0.2, 0) is 16.1 Å². The highest BCUT2D eigenvalue weighted by Gasteiger charge is 2.33. The first-order valence-corrected chi connectivity index (χ1v) is 11.1. The van der Waals surface area contributed by atoms with Gasteiger partial charge >= 0.3 is 0 Å². The van der Waals surface area contributed by atoms with Crippen LogP contribution >= 0.6 is 0 Å². The summed E-state index contributed by atoms with van der Waals surface area (Å²) in [7, 11) is 0. The van der Waals surface area contributed by atoms with E-state index in [1.807, 2.05) is 31.2 Å². The molecule has 2 aromatic heterocycles. The quantitative estimate of drug-likeness (QED) is 0.384. The molecule has 178 valence electrons. The molecule has 8 nitrogen and oxygen atoms in total. The zero-order valence-corrected chi connectivity index (χ0v) is 19.1. The number of hydrogen-bond acceptors (Lipinski definition) is 5. The van der Waals surface area contributed by atoms with E-state index in [2.05, 4.69) is 10.6 Å². The minimum atomic E-state index is -0.985. The van der Waals surface area contributed by atoms with Gasteiger partial charge in [0.25, 0.3) is 5.91 Å². The Kier molecular flexibility index (Phi) is 7.42. The lowest BCUT2D eigenvalue weighted by atomic mass is 10.0. The topological polar surface area (TPSA) is 105 Å². The zero-order valence-electron chi connectivity index (χ0n) is 19.1. The maximum Gasteiger partial charge on any atom is 0.287 e. The normalized spacial score (nSPS) is 11.5. The van der Waals surface area contributed by atoms with Crippen LogP contribution in [0.1, 0.15) is 33.5 Å². The summed E-state index contributed by atoms with van der Waals surface area (Å²) in [6.45, 7) is 1.74. The SMILES string of the molecule is Cc1cccc(N(C(=O)CNC(=O)c2ccco2)C(C(=O)NCc2ccco2)c2ccccc2)c1. The molecule has 0 bridgehead atoms. The average molecular weight is 472 g/mol. The van der Waals surface area contributed by atoms with Crippen molar-refractivity contribution < 1.29 is 23.2 Å². The van der Waals surface area contributed by atoms with E-state index >= 15 is 0 Å². The highest BCUT2D eigenvalue weighted by molar-refractivity contribution is 6.04. The van der Waals surface area contributed by atoms with Crippen LogP contribution in [0.25, 0.3) is 0 Å². The van der Waals surface area contributed by atoms with Gasteiger partial charge in [0, 0.05) is 5.69 Å². The molecular weight excluding hydrogens is 446 g/mol. The third kappa shape index (κ3) is 5.86. The summed E-state index contributed by atoms with van der Waals surface area (Å²) in [6.07, 6.45) is 2.91. The van der Waals surface area contributed by atoms with Gasteiger partial charge in [0.1, 0.15) is 11.8 Å². The molecule has 0 spiro atoms. The van der Waals surface area contributed by atoms with Crippen molar-refractivity contribution in [3.05, 3.63) is 114 Å². The number of nitrogens with one attached hydrogen (secondary N) is 2. The van der Waals surface area contributed by atoms with Gasteiger partial charge in [-0.1, -0.05) is 42.5 Å². The second kappa shape index (κ2) is 11.0. The number of carbonyl (C=O) groups is 3. The van der Waals surface area contributed by atoms with Crippen LogP contribution in [0, 0.1) is 6.92 Å². The van der Waals surface area contributed by atoms with Crippen molar-refractivity contribution in [3.8, 4) is 0 Å². The maximum absolute atomic E-state index is 13.6. The molecular formula is C27H25N3O5. The Balaban J connectivity index is 1.65. The monoisotopic (exact) mass is 471 g/mol. The van der Waals surface area contributed by atoms with Crippen LogP contribution < -0.4 is 15.5 Å². The Morgan fingerprint density at radius 1 is 0.857 bits per heavy atom. The minimum absolute atomic E-state index is 0.0932. The number of aryl methyl sites for hydroxylation is 1. The Hall–Kier alpha value is -4.59. The molecule has 4 rings (SSSR count). The van der Waals surface area contributed by atoms with Gasteiger partial charge in [-0.25, -0.2) is 0 Å². The summed E-state index contributed by atoms with van der Waals surface area (Å²) >= 11 is 0. The molecule has 1 atom stereocenters. The van der Waals surface area contributed by atoms with E-state index in [9.17, 15) is 14.4 Å². The second-order valence-electron chi connectivity index (χ2n) is 7.87. The summed E-state index contributed by atoms with van der Waals surface area (Å²) in [5.74, 6) is -0.691. The van der Waals surface area contributed by atoms with E-state index in [1.54, 1.807) is 48.5 Å². The van der Waals surface area contributed by atoms with Crippen molar-refractivity contribution in [2.24, 2.45) is 0 Å². The number of furan rings is 2. The van der Waals surface area contributed by atoms with Crippen LogP contribution in [0.3, 0.4) is 0 Å². The standard InChI is InChI=1S/C27H25N3O5/c1-19-8-5-11-21(16-19)30(24(31)18-29-26(32)23-13-7-15-35-23)25(20-9-3-2-4-10-20)27(33)28-17-22-12-6-14-34-22/h2-16,25H,17-18H2,1H3,(H,28,33)(H,29,32). The van der Waals surface area contributed by atoms with Crippen molar-refractivity contribution in [2.75, 3.05) is 11.4 Å². The number of amides is 3. The minimum Gasteiger partial charge on any atom is -0.467 e. The second-order valence-corrected chi connectivity index (χ2v) is 7.87. The lowest BCUT2D eigenvalue weighted by Crippen LogP contribution is -2.47. The van der Waals surface area contributed by atoms with Crippen molar-refractivity contribution >= 4 is 23.4 Å². The molecule has 35 heavy (non-hydrogen) atoms. The van der Waals surface area contributed by atoms with E-state index in [0.29, 0.717) is 17.0 Å². The van der Waals surface area contributed by atoms with Gasteiger partial charge in [0.15, 0.2) is 5.76 Å². The number of rotatable bonds is 9. The van der Waals surface area contributed by atoms with Gasteiger partial charge in [0.2, 0.25) is 11.8 Å². The van der Waals surface area contributed by atoms with Crippen LogP contribution in [0.15, 0.2) is 100 Å². The predicted octanol–water partition coefficient (Wildman–Crippen LogP) is 4.00. The van der Waals surface area contributed by atoms with Crippen LogP contribution in [0.5, 0.6) is 0 Å². The van der Waals surface area contributed by atoms with Crippen molar-refractivity contribution in [3.63, 3.8) is 0 Å². The lowest BCUT2D eigenvalue weighted by molar-refractivity contribution is -0.126. The van der Waals surface area contributed by atoms with E-state index < -0.39 is 17.9 Å². The van der Waals surface area contributed by atoms with E-state index in [0.717, 1.165) is 5.56 Å². The van der Waals surface area contributed by atoms with Gasteiger partial charge < -0.3 is 19.5 Å². The van der Waals surface area contributed by atoms with Crippen molar-refractivity contribution in [1.29, 1.82) is 0 Å². The number of anilines is 1. The molecule has 4 aromatic rings. The first-order valence-electron chi connectivity index (χ1n) is 11.1. The van der Waals surface area contributed by atoms with Crippen molar-refractivity contribution in [1.82, 2.24) is 10.6 Å². The molecule has 2 heterocycles. The fraction of sp³-hybridized carbons (Fsp3) is 0.148. The van der Waals surface area contributed by atoms with Crippen LogP contribution in [-0.4, -0.2) is 24.3 Å². The first kappa shape index (κ1) is 23.6. The molecule has 2 aromatic carbocycles. The summed E-state index contributed by atoms with van der Waals surface area (Å²) in [5.41, 5.74) is 2.07. The first-order chi connectivity index (χ1) is 17.0. The van der Waals surface area contributed by atoms with Crippen LogP contribution in [0.2, 0.25) is 0 Å². The Morgan fingerprint density at radius 3 is 2.31 bits per heavy atom. The van der Waals surface area contributed by atoms with Crippen molar-refractivity contribution in [2.45, 2.75) is 19.5 Å². The molecule has 2 N–H and O–H groups in total. The third-order valence-electron chi connectivity index (χ3n) is 5.33. The maximum atomic E-state index is 13.6. The molecule has 0 aliphatic heterocycles.